The molecule has 5 nitrogen and oxygen atoms in total. The third-order valence-corrected chi connectivity index (χ3v) is 3.45. The molecule has 1 aromatic carbocycles. The Hall–Kier alpha value is -1.03. The zero-order valence-electron chi connectivity index (χ0n) is 13.6. The molecule has 0 atom stereocenters. The quantitative estimate of drug-likeness (QED) is 0.286. The van der Waals surface area contributed by atoms with Crippen molar-refractivity contribution < 1.29 is 9.18 Å². The molecule has 0 aromatic heterocycles. The van der Waals surface area contributed by atoms with Crippen LogP contribution in [0.4, 0.5) is 4.39 Å². The van der Waals surface area contributed by atoms with E-state index >= 15 is 0 Å². The molecule has 1 amide bonds. The maximum atomic E-state index is 12.9. The number of carbonyl (C=O) groups is 1. The van der Waals surface area contributed by atoms with Gasteiger partial charge in [0.15, 0.2) is 5.96 Å². The maximum absolute atomic E-state index is 12.9. The number of likely N-dealkylation sites (N-methyl/N-ethyl adjacent to an activating group) is 1. The fourth-order valence-corrected chi connectivity index (χ4v) is 1.83. The van der Waals surface area contributed by atoms with Crippen molar-refractivity contribution in [2.75, 3.05) is 39.2 Å². The second-order valence-corrected chi connectivity index (χ2v) is 5.84. The van der Waals surface area contributed by atoms with E-state index in [0.29, 0.717) is 12.5 Å². The van der Waals surface area contributed by atoms with Crippen LogP contribution in [0.2, 0.25) is 0 Å². The monoisotopic (exact) mass is 454 g/mol. The van der Waals surface area contributed by atoms with Crippen LogP contribution in [-0.2, 0) is 11.3 Å². The first-order chi connectivity index (χ1) is 10.5. The summed E-state index contributed by atoms with van der Waals surface area (Å²) in [6, 6.07) is 6.22. The molecule has 2 N–H and O–H groups in total. The summed E-state index contributed by atoms with van der Waals surface area (Å²) < 4.78 is 12.9. The summed E-state index contributed by atoms with van der Waals surface area (Å²) in [5.41, 5.74) is 0.909. The highest BCUT2D eigenvalue weighted by molar-refractivity contribution is 14.0. The van der Waals surface area contributed by atoms with Gasteiger partial charge < -0.3 is 15.5 Å². The molecule has 0 fully saturated rings. The molecule has 0 bridgehead atoms. The highest BCUT2D eigenvalue weighted by Gasteiger charge is 2.05. The zero-order valence-corrected chi connectivity index (χ0v) is 16.8. The first-order valence-corrected chi connectivity index (χ1v) is 8.38. The van der Waals surface area contributed by atoms with E-state index in [4.69, 9.17) is 0 Å². The maximum Gasteiger partial charge on any atom is 0.241 e. The third-order valence-electron chi connectivity index (χ3n) is 2.84. The van der Waals surface area contributed by atoms with Gasteiger partial charge in [-0.15, -0.1) is 24.0 Å². The van der Waals surface area contributed by atoms with E-state index < -0.39 is 0 Å². The Kier molecular flexibility index (Phi) is 11.8. The summed E-state index contributed by atoms with van der Waals surface area (Å²) in [5, 5.41) is 6.18. The van der Waals surface area contributed by atoms with Gasteiger partial charge >= 0.3 is 0 Å². The normalized spacial score (nSPS) is 10.7. The molecule has 23 heavy (non-hydrogen) atoms. The Balaban J connectivity index is 0.00000484. The number of benzene rings is 1. The van der Waals surface area contributed by atoms with Crippen LogP contribution < -0.4 is 10.6 Å². The number of thioether (sulfide) groups is 1. The van der Waals surface area contributed by atoms with Crippen LogP contribution in [-0.4, -0.2) is 56.0 Å². The lowest BCUT2D eigenvalue weighted by atomic mass is 10.2. The fourth-order valence-electron chi connectivity index (χ4n) is 1.52. The topological polar surface area (TPSA) is 56.7 Å². The van der Waals surface area contributed by atoms with Gasteiger partial charge in [0, 0.05) is 26.4 Å². The summed E-state index contributed by atoms with van der Waals surface area (Å²) in [5.74, 6) is 1.23. The van der Waals surface area contributed by atoms with Crippen LogP contribution in [0, 0.1) is 5.82 Å². The minimum Gasteiger partial charge on any atom is -0.356 e. The predicted octanol–water partition coefficient (Wildman–Crippen LogP) is 1.93. The average molecular weight is 454 g/mol. The molecular weight excluding hydrogens is 430 g/mol. The summed E-state index contributed by atoms with van der Waals surface area (Å²) in [6.07, 6.45) is 2.03. The number of hydrogen-bond donors (Lipinski definition) is 2. The zero-order chi connectivity index (χ0) is 16.4. The van der Waals surface area contributed by atoms with E-state index in [0.717, 1.165) is 17.9 Å². The number of halogens is 2. The van der Waals surface area contributed by atoms with Crippen LogP contribution >= 0.6 is 35.7 Å². The fraction of sp³-hybridized carbons (Fsp3) is 0.467. The van der Waals surface area contributed by atoms with Gasteiger partial charge in [0.25, 0.3) is 0 Å². The van der Waals surface area contributed by atoms with Gasteiger partial charge in [0.05, 0.1) is 13.1 Å². The molecule has 0 saturated heterocycles. The first kappa shape index (κ1) is 22.0. The second-order valence-electron chi connectivity index (χ2n) is 4.85. The molecule has 1 aromatic rings. The summed E-state index contributed by atoms with van der Waals surface area (Å²) >= 11 is 1.73. The van der Waals surface area contributed by atoms with Gasteiger partial charge in [0.1, 0.15) is 5.82 Å². The largest absolute Gasteiger partial charge is 0.356 e. The van der Waals surface area contributed by atoms with E-state index in [1.807, 2.05) is 6.26 Å². The van der Waals surface area contributed by atoms with Crippen LogP contribution in [0.1, 0.15) is 5.56 Å². The Bertz CT molecular complexity index is 497. The molecule has 0 aliphatic carbocycles. The van der Waals surface area contributed by atoms with Gasteiger partial charge in [0.2, 0.25) is 5.91 Å². The van der Waals surface area contributed by atoms with Crippen LogP contribution in [0.5, 0.6) is 0 Å². The van der Waals surface area contributed by atoms with Gasteiger partial charge in [-0.1, -0.05) is 12.1 Å². The van der Waals surface area contributed by atoms with Gasteiger partial charge in [-0.2, -0.15) is 11.8 Å². The second kappa shape index (κ2) is 12.4. The average Bonchev–Trinajstić information content (AvgIpc) is 2.50. The van der Waals surface area contributed by atoms with Crippen molar-refractivity contribution in [1.82, 2.24) is 15.5 Å². The minimum atomic E-state index is -0.263. The number of rotatable bonds is 7. The summed E-state index contributed by atoms with van der Waals surface area (Å²) in [4.78, 5) is 17.6. The minimum absolute atomic E-state index is 0. The van der Waals surface area contributed by atoms with Crippen molar-refractivity contribution in [2.45, 2.75) is 6.54 Å². The first-order valence-electron chi connectivity index (χ1n) is 6.98. The Morgan fingerprint density at radius 1 is 1.26 bits per heavy atom. The lowest BCUT2D eigenvalue weighted by molar-refractivity contribution is -0.127. The molecule has 0 spiro atoms. The van der Waals surface area contributed by atoms with Crippen molar-refractivity contribution in [3.8, 4) is 0 Å². The van der Waals surface area contributed by atoms with Crippen molar-refractivity contribution in [2.24, 2.45) is 4.99 Å². The van der Waals surface area contributed by atoms with E-state index in [1.165, 1.54) is 17.0 Å². The van der Waals surface area contributed by atoms with Crippen molar-refractivity contribution >= 4 is 47.6 Å². The Labute approximate surface area is 158 Å². The van der Waals surface area contributed by atoms with E-state index in [1.54, 1.807) is 38.0 Å². The number of guanidine groups is 1. The molecular formula is C15H24FIN4OS. The van der Waals surface area contributed by atoms with Crippen molar-refractivity contribution in [1.29, 1.82) is 0 Å². The van der Waals surface area contributed by atoms with E-state index in [-0.39, 0.29) is 42.2 Å². The molecule has 0 radical (unpaired) electrons. The number of nitrogens with zero attached hydrogens (tertiary/aromatic N) is 2. The van der Waals surface area contributed by atoms with Gasteiger partial charge in [-0.05, 0) is 24.0 Å². The molecule has 130 valence electrons. The molecule has 0 saturated carbocycles. The lowest BCUT2D eigenvalue weighted by Crippen LogP contribution is -2.43. The number of hydrogen-bond acceptors (Lipinski definition) is 3. The van der Waals surface area contributed by atoms with Crippen molar-refractivity contribution in [3.63, 3.8) is 0 Å². The Morgan fingerprint density at radius 3 is 2.48 bits per heavy atom. The number of carbonyl (C=O) groups excluding carboxylic acids is 1. The molecule has 8 heteroatoms. The molecule has 0 unspecified atom stereocenters. The lowest BCUT2D eigenvalue weighted by Gasteiger charge is -2.14. The van der Waals surface area contributed by atoms with Crippen LogP contribution in [0.3, 0.4) is 0 Å². The van der Waals surface area contributed by atoms with Crippen molar-refractivity contribution in [3.05, 3.63) is 35.6 Å². The highest BCUT2D eigenvalue weighted by Crippen LogP contribution is 2.03. The van der Waals surface area contributed by atoms with Gasteiger partial charge in [-0.3, -0.25) is 4.79 Å². The summed E-state index contributed by atoms with van der Waals surface area (Å²) in [6.45, 7) is 1.36. The third kappa shape index (κ3) is 9.65. The summed E-state index contributed by atoms with van der Waals surface area (Å²) in [7, 11) is 3.42. The highest BCUT2D eigenvalue weighted by atomic mass is 127. The molecule has 0 heterocycles. The predicted molar refractivity (Wildman–Crippen MR) is 106 cm³/mol. The standard InChI is InChI=1S/C15H23FN4OS.HI/c1-20(2)14(21)11-19-15(17-8-9-22-3)18-10-12-4-6-13(16)7-5-12;/h4-7H,8-11H2,1-3H3,(H2,17,18,19);1H. The number of aliphatic imine (C=N–C) groups is 1. The SMILES string of the molecule is CSCCNC(=NCc1ccc(F)cc1)NCC(=O)N(C)C.I. The number of amides is 1. The molecule has 0 aliphatic rings. The van der Waals surface area contributed by atoms with Crippen LogP contribution in [0.25, 0.3) is 0 Å². The van der Waals surface area contributed by atoms with E-state index in [9.17, 15) is 9.18 Å². The smallest absolute Gasteiger partial charge is 0.241 e. The molecule has 0 aliphatic heterocycles. The van der Waals surface area contributed by atoms with E-state index in [2.05, 4.69) is 15.6 Å². The molecule has 1 rings (SSSR count). The Morgan fingerprint density at radius 2 is 1.91 bits per heavy atom. The van der Waals surface area contributed by atoms with Crippen LogP contribution in [0.15, 0.2) is 29.3 Å². The number of nitrogens with one attached hydrogen (secondary N) is 2. The van der Waals surface area contributed by atoms with Gasteiger partial charge in [-0.25, -0.2) is 9.38 Å².